The van der Waals surface area contributed by atoms with E-state index in [1.807, 2.05) is 16.8 Å². The van der Waals surface area contributed by atoms with E-state index in [2.05, 4.69) is 46.6 Å². The van der Waals surface area contributed by atoms with E-state index in [9.17, 15) is 0 Å². The highest BCUT2D eigenvalue weighted by Gasteiger charge is 2.21. The molecule has 1 aliphatic heterocycles. The fourth-order valence-electron chi connectivity index (χ4n) is 3.35. The van der Waals surface area contributed by atoms with Crippen molar-refractivity contribution < 1.29 is 4.74 Å². The zero-order valence-corrected chi connectivity index (χ0v) is 17.0. The Bertz CT molecular complexity index is 963. The van der Waals surface area contributed by atoms with Crippen LogP contribution in [0.5, 0.6) is 5.88 Å². The molecule has 1 fully saturated rings. The van der Waals surface area contributed by atoms with E-state index in [1.165, 1.54) is 0 Å². The van der Waals surface area contributed by atoms with Crippen molar-refractivity contribution in [2.75, 3.05) is 43.1 Å². The minimum Gasteiger partial charge on any atom is -0.481 e. The highest BCUT2D eigenvalue weighted by Crippen LogP contribution is 2.23. The highest BCUT2D eigenvalue weighted by atomic mass is 16.5. The molecular formula is C20H27N7O. The van der Waals surface area contributed by atoms with Gasteiger partial charge in [0.1, 0.15) is 5.82 Å². The van der Waals surface area contributed by atoms with Crippen molar-refractivity contribution in [2.24, 2.45) is 0 Å². The van der Waals surface area contributed by atoms with Crippen LogP contribution >= 0.6 is 0 Å². The summed E-state index contributed by atoms with van der Waals surface area (Å²) in [4.78, 5) is 18.1. The summed E-state index contributed by atoms with van der Waals surface area (Å²) < 4.78 is 7.12. The summed E-state index contributed by atoms with van der Waals surface area (Å²) >= 11 is 0. The fourth-order valence-corrected chi connectivity index (χ4v) is 3.35. The Kier molecular flexibility index (Phi) is 4.78. The largest absolute Gasteiger partial charge is 0.481 e. The summed E-state index contributed by atoms with van der Waals surface area (Å²) in [7, 11) is 1.62. The molecule has 0 amide bonds. The molecule has 0 aromatic carbocycles. The second kappa shape index (κ2) is 7.26. The van der Waals surface area contributed by atoms with E-state index in [4.69, 9.17) is 14.8 Å². The number of fused-ring (bicyclic) bond motifs is 1. The first-order valence-corrected chi connectivity index (χ1v) is 9.68. The summed E-state index contributed by atoms with van der Waals surface area (Å²) in [5, 5.41) is 4.81. The van der Waals surface area contributed by atoms with Gasteiger partial charge in [-0.25, -0.2) is 14.5 Å². The number of hydrogen-bond acceptors (Lipinski definition) is 7. The van der Waals surface area contributed by atoms with Gasteiger partial charge in [0.15, 0.2) is 5.65 Å². The van der Waals surface area contributed by atoms with Gasteiger partial charge in [0, 0.05) is 43.9 Å². The molecule has 0 unspecified atom stereocenters. The molecule has 4 rings (SSSR count). The topological polar surface area (TPSA) is 71.7 Å². The normalized spacial score (nSPS) is 15.7. The highest BCUT2D eigenvalue weighted by molar-refractivity contribution is 5.48. The van der Waals surface area contributed by atoms with Crippen LogP contribution in [0.3, 0.4) is 0 Å². The van der Waals surface area contributed by atoms with Gasteiger partial charge >= 0.3 is 0 Å². The number of hydrogen-bond donors (Lipinski definition) is 0. The molecule has 0 spiro atoms. The third-order valence-electron chi connectivity index (χ3n) is 5.00. The number of nitrogens with zero attached hydrogens (tertiary/aromatic N) is 7. The molecule has 1 saturated heterocycles. The molecule has 4 heterocycles. The van der Waals surface area contributed by atoms with Crippen molar-refractivity contribution in [3.8, 4) is 5.88 Å². The molecule has 8 heteroatoms. The monoisotopic (exact) mass is 381 g/mol. The predicted molar refractivity (Wildman–Crippen MR) is 109 cm³/mol. The molecule has 3 aromatic rings. The average Bonchev–Trinajstić information content (AvgIpc) is 2.97. The molecule has 8 nitrogen and oxygen atoms in total. The molecule has 3 aromatic heterocycles. The van der Waals surface area contributed by atoms with E-state index in [0.717, 1.165) is 49.8 Å². The van der Waals surface area contributed by atoms with Gasteiger partial charge in [-0.1, -0.05) is 20.8 Å². The maximum atomic E-state index is 5.23. The maximum Gasteiger partial charge on any atom is 0.228 e. The van der Waals surface area contributed by atoms with Crippen LogP contribution in [0.15, 0.2) is 30.6 Å². The molecule has 0 saturated carbocycles. The van der Waals surface area contributed by atoms with Crippen LogP contribution in [0.2, 0.25) is 0 Å². The van der Waals surface area contributed by atoms with Gasteiger partial charge < -0.3 is 14.5 Å². The third kappa shape index (κ3) is 3.72. The van der Waals surface area contributed by atoms with Crippen LogP contribution < -0.4 is 14.5 Å². The molecule has 0 N–H and O–H groups in total. The predicted octanol–water partition coefficient (Wildman–Crippen LogP) is 2.54. The van der Waals surface area contributed by atoms with Crippen molar-refractivity contribution in [2.45, 2.75) is 32.6 Å². The standard InChI is InChI=1S/C20H27N7O/c1-20(2,3)15-14-27-16(22-15)6-7-17(24-27)25-10-5-11-26(13-12-25)19-21-9-8-18(23-19)28-4/h6-9,14H,5,10-13H2,1-4H3. The molecule has 0 bridgehead atoms. The van der Waals surface area contributed by atoms with Crippen molar-refractivity contribution >= 4 is 17.4 Å². The Morgan fingerprint density at radius 3 is 2.54 bits per heavy atom. The lowest BCUT2D eigenvalue weighted by Crippen LogP contribution is -2.32. The summed E-state index contributed by atoms with van der Waals surface area (Å²) in [6.45, 7) is 10.0. The summed E-state index contributed by atoms with van der Waals surface area (Å²) in [6, 6.07) is 5.88. The average molecular weight is 381 g/mol. The number of ether oxygens (including phenoxy) is 1. The second-order valence-electron chi connectivity index (χ2n) is 8.10. The van der Waals surface area contributed by atoms with Gasteiger partial charge in [0.05, 0.1) is 19.0 Å². The van der Waals surface area contributed by atoms with Crippen LogP contribution in [0.4, 0.5) is 11.8 Å². The molecule has 148 valence electrons. The van der Waals surface area contributed by atoms with Gasteiger partial charge in [-0.2, -0.15) is 4.98 Å². The zero-order chi connectivity index (χ0) is 19.7. The van der Waals surface area contributed by atoms with Crippen LogP contribution in [0, 0.1) is 0 Å². The summed E-state index contributed by atoms with van der Waals surface area (Å²) in [5.41, 5.74) is 1.94. The van der Waals surface area contributed by atoms with Gasteiger partial charge in [0.2, 0.25) is 11.8 Å². The number of aromatic nitrogens is 5. The lowest BCUT2D eigenvalue weighted by atomic mass is 9.93. The van der Waals surface area contributed by atoms with Crippen LogP contribution in [-0.4, -0.2) is 57.9 Å². The number of rotatable bonds is 3. The lowest BCUT2D eigenvalue weighted by Gasteiger charge is -2.22. The first kappa shape index (κ1) is 18.5. The Labute approximate surface area is 165 Å². The lowest BCUT2D eigenvalue weighted by molar-refractivity contribution is 0.396. The Balaban J connectivity index is 1.52. The van der Waals surface area contributed by atoms with Crippen molar-refractivity contribution in [1.29, 1.82) is 0 Å². The smallest absolute Gasteiger partial charge is 0.228 e. The van der Waals surface area contributed by atoms with E-state index in [1.54, 1.807) is 19.4 Å². The molecule has 28 heavy (non-hydrogen) atoms. The van der Waals surface area contributed by atoms with Crippen LogP contribution in [0.1, 0.15) is 32.9 Å². The molecule has 0 aliphatic carbocycles. The van der Waals surface area contributed by atoms with E-state index in [-0.39, 0.29) is 5.41 Å². The van der Waals surface area contributed by atoms with E-state index < -0.39 is 0 Å². The molecule has 0 atom stereocenters. The Hall–Kier alpha value is -2.90. The minimum absolute atomic E-state index is 0.00765. The number of imidazole rings is 1. The van der Waals surface area contributed by atoms with Gasteiger partial charge in [0.25, 0.3) is 0 Å². The van der Waals surface area contributed by atoms with Gasteiger partial charge in [-0.15, -0.1) is 5.10 Å². The van der Waals surface area contributed by atoms with Gasteiger partial charge in [-0.3, -0.25) is 0 Å². The van der Waals surface area contributed by atoms with Gasteiger partial charge in [-0.05, 0) is 18.6 Å². The second-order valence-corrected chi connectivity index (χ2v) is 8.10. The number of methoxy groups -OCH3 is 1. The Morgan fingerprint density at radius 1 is 0.964 bits per heavy atom. The fraction of sp³-hybridized carbons (Fsp3) is 0.500. The van der Waals surface area contributed by atoms with Crippen molar-refractivity contribution in [3.05, 3.63) is 36.3 Å². The third-order valence-corrected chi connectivity index (χ3v) is 5.00. The summed E-state index contributed by atoms with van der Waals surface area (Å²) in [6.07, 6.45) is 4.79. The van der Waals surface area contributed by atoms with Crippen LogP contribution in [-0.2, 0) is 5.41 Å². The first-order chi connectivity index (χ1) is 13.4. The quantitative estimate of drug-likeness (QED) is 0.690. The van der Waals surface area contributed by atoms with E-state index in [0.29, 0.717) is 11.8 Å². The SMILES string of the molecule is COc1ccnc(N2CCCN(c3ccc4nc(C(C)(C)C)cn4n3)CC2)n1. The molecular weight excluding hydrogens is 354 g/mol. The number of anilines is 2. The van der Waals surface area contributed by atoms with Crippen molar-refractivity contribution in [1.82, 2.24) is 24.6 Å². The van der Waals surface area contributed by atoms with E-state index >= 15 is 0 Å². The minimum atomic E-state index is 0.00765. The first-order valence-electron chi connectivity index (χ1n) is 9.68. The summed E-state index contributed by atoms with van der Waals surface area (Å²) in [5.74, 6) is 2.28. The molecule has 0 radical (unpaired) electrons. The van der Waals surface area contributed by atoms with Crippen molar-refractivity contribution in [3.63, 3.8) is 0 Å². The Morgan fingerprint density at radius 2 is 1.75 bits per heavy atom. The zero-order valence-electron chi connectivity index (χ0n) is 17.0. The molecule has 1 aliphatic rings. The maximum absolute atomic E-state index is 5.23. The van der Waals surface area contributed by atoms with Crippen LogP contribution in [0.25, 0.3) is 5.65 Å².